The van der Waals surface area contributed by atoms with Crippen LogP contribution in [0.4, 0.5) is 13.6 Å². The van der Waals surface area contributed by atoms with Crippen molar-refractivity contribution in [3.8, 4) is 45.9 Å². The van der Waals surface area contributed by atoms with Gasteiger partial charge in [-0.15, -0.1) is 0 Å². The molecule has 250 valence electrons. The summed E-state index contributed by atoms with van der Waals surface area (Å²) < 4.78 is 43.0. The fourth-order valence-corrected chi connectivity index (χ4v) is 5.35. The van der Waals surface area contributed by atoms with Crippen LogP contribution in [0.25, 0.3) is 22.5 Å². The van der Waals surface area contributed by atoms with Crippen molar-refractivity contribution >= 4 is 23.8 Å². The van der Waals surface area contributed by atoms with Crippen molar-refractivity contribution in [2.45, 2.75) is 32.9 Å². The van der Waals surface area contributed by atoms with E-state index >= 15 is 4.39 Å². The molecular formula is C35H30F2N6O6. The number of pyridine rings is 1. The van der Waals surface area contributed by atoms with Crippen LogP contribution in [-0.2, 0) is 23.2 Å². The number of halogens is 2. The average molecular weight is 669 g/mol. The summed E-state index contributed by atoms with van der Waals surface area (Å²) in [4.78, 5) is 57.1. The zero-order chi connectivity index (χ0) is 35.2. The van der Waals surface area contributed by atoms with Crippen molar-refractivity contribution in [2.75, 3.05) is 13.7 Å². The van der Waals surface area contributed by atoms with E-state index in [0.29, 0.717) is 16.8 Å². The summed E-state index contributed by atoms with van der Waals surface area (Å²) in [6.07, 6.45) is 3.33. The van der Waals surface area contributed by atoms with Crippen molar-refractivity contribution < 1.29 is 37.4 Å². The minimum absolute atomic E-state index is 0.00695. The standard InChI is InChI=1S/C35H30F2N6O6/c1-34(2,3)32(46)49-26-11-9-24(21-15-38-42(4)16-21)39-29(26)22-8-6-19(14-23(22)36)12-13-35(31(45)40-33(47)41-35)18-43-17-20-7-10-25(48-5)28(37)27(20)30(43)44/h6-11,14-16H,17-18H2,1-5H3,(H2,40,41,45,47)/t35-/m1/s1. The number of rotatable bonds is 6. The molecule has 0 saturated carbocycles. The summed E-state index contributed by atoms with van der Waals surface area (Å²) in [6.45, 7) is 4.61. The molecule has 0 aliphatic carbocycles. The molecule has 0 spiro atoms. The van der Waals surface area contributed by atoms with E-state index in [4.69, 9.17) is 9.47 Å². The Morgan fingerprint density at radius 3 is 2.47 bits per heavy atom. The Hall–Kier alpha value is -6.10. The van der Waals surface area contributed by atoms with E-state index in [1.807, 2.05) is 0 Å². The van der Waals surface area contributed by atoms with Crippen molar-refractivity contribution in [1.29, 1.82) is 0 Å². The number of hydrogen-bond acceptors (Lipinski definition) is 8. The molecule has 0 radical (unpaired) electrons. The van der Waals surface area contributed by atoms with Gasteiger partial charge in [0, 0.05) is 36.5 Å². The number of nitrogens with zero attached hydrogens (tertiary/aromatic N) is 4. The third-order valence-corrected chi connectivity index (χ3v) is 7.96. The Balaban J connectivity index is 1.34. The van der Waals surface area contributed by atoms with Crippen LogP contribution in [0.3, 0.4) is 0 Å². The van der Waals surface area contributed by atoms with Crippen molar-refractivity contribution in [2.24, 2.45) is 12.5 Å². The number of fused-ring (bicyclic) bond motifs is 1. The Labute approximate surface area is 279 Å². The van der Waals surface area contributed by atoms with Crippen LogP contribution in [0.1, 0.15) is 42.3 Å². The van der Waals surface area contributed by atoms with Gasteiger partial charge < -0.3 is 19.7 Å². The number of esters is 1. The minimum atomic E-state index is -1.92. The van der Waals surface area contributed by atoms with E-state index in [1.165, 1.54) is 36.3 Å². The Bertz CT molecular complexity index is 2130. The van der Waals surface area contributed by atoms with Gasteiger partial charge in [0.25, 0.3) is 11.8 Å². The van der Waals surface area contributed by atoms with E-state index in [-0.39, 0.29) is 40.4 Å². The molecule has 4 amide bonds. The number of methoxy groups -OCH3 is 1. The summed E-state index contributed by atoms with van der Waals surface area (Å²) in [6, 6.07) is 9.25. The van der Waals surface area contributed by atoms with Gasteiger partial charge in [-0.1, -0.05) is 17.9 Å². The number of carbonyl (C=O) groups excluding carboxylic acids is 4. The molecule has 2 aromatic heterocycles. The molecule has 12 nitrogen and oxygen atoms in total. The number of imide groups is 1. The summed E-state index contributed by atoms with van der Waals surface area (Å²) in [7, 11) is 3.02. The van der Waals surface area contributed by atoms with E-state index < -0.39 is 52.9 Å². The van der Waals surface area contributed by atoms with Crippen LogP contribution < -0.4 is 20.1 Å². The van der Waals surface area contributed by atoms with Gasteiger partial charge in [0.2, 0.25) is 5.54 Å². The Kier molecular flexibility index (Phi) is 8.15. The molecule has 1 atom stereocenters. The molecule has 4 heterocycles. The van der Waals surface area contributed by atoms with E-state index in [1.54, 1.807) is 57.0 Å². The lowest BCUT2D eigenvalue weighted by molar-refractivity contribution is -0.143. The first-order valence-corrected chi connectivity index (χ1v) is 15.0. The predicted octanol–water partition coefficient (Wildman–Crippen LogP) is 3.97. The second kappa shape index (κ2) is 12.2. The molecule has 6 rings (SSSR count). The molecule has 2 aliphatic heterocycles. The highest BCUT2D eigenvalue weighted by molar-refractivity contribution is 6.10. The number of amides is 4. The number of carbonyl (C=O) groups is 4. The first-order valence-electron chi connectivity index (χ1n) is 15.0. The molecule has 49 heavy (non-hydrogen) atoms. The van der Waals surface area contributed by atoms with Crippen LogP contribution in [0.5, 0.6) is 11.5 Å². The zero-order valence-electron chi connectivity index (χ0n) is 27.1. The Morgan fingerprint density at radius 1 is 1.08 bits per heavy atom. The number of nitrogens with one attached hydrogen (secondary N) is 2. The van der Waals surface area contributed by atoms with E-state index in [2.05, 4.69) is 32.6 Å². The third kappa shape index (κ3) is 6.18. The van der Waals surface area contributed by atoms with Crippen LogP contribution in [0.15, 0.2) is 54.9 Å². The second-order valence-corrected chi connectivity index (χ2v) is 12.6. The first kappa shape index (κ1) is 32.8. The monoisotopic (exact) mass is 668 g/mol. The fraction of sp³-hybridized carbons (Fsp3) is 0.257. The molecule has 14 heteroatoms. The lowest BCUT2D eigenvalue weighted by Crippen LogP contribution is -2.54. The summed E-state index contributed by atoms with van der Waals surface area (Å²) in [5, 5.41) is 8.75. The highest BCUT2D eigenvalue weighted by Crippen LogP contribution is 2.35. The molecule has 2 aliphatic rings. The van der Waals surface area contributed by atoms with Gasteiger partial charge in [-0.25, -0.2) is 18.6 Å². The van der Waals surface area contributed by atoms with Crippen molar-refractivity contribution in [3.63, 3.8) is 0 Å². The summed E-state index contributed by atoms with van der Waals surface area (Å²) in [5.41, 5.74) is -1.28. The molecular weight excluding hydrogens is 638 g/mol. The molecule has 1 fully saturated rings. The highest BCUT2D eigenvalue weighted by atomic mass is 19.1. The molecule has 2 N–H and O–H groups in total. The minimum Gasteiger partial charge on any atom is -0.494 e. The number of aromatic nitrogens is 3. The summed E-state index contributed by atoms with van der Waals surface area (Å²) in [5.74, 6) is 1.69. The average Bonchev–Trinajstić information content (AvgIpc) is 3.70. The van der Waals surface area contributed by atoms with Crippen molar-refractivity contribution in [1.82, 2.24) is 30.3 Å². The highest BCUT2D eigenvalue weighted by Gasteiger charge is 2.49. The largest absolute Gasteiger partial charge is 0.494 e. The second-order valence-electron chi connectivity index (χ2n) is 12.6. The van der Waals surface area contributed by atoms with Crippen LogP contribution in [0.2, 0.25) is 0 Å². The SMILES string of the molecule is COc1ccc2c(c1F)C(=O)N(C[C@@]1(C#Cc3ccc(-c4nc(-c5cnn(C)c5)ccc4OC(=O)C(C)(C)C)c(F)c3)NC(=O)NC1=O)C2. The van der Waals surface area contributed by atoms with E-state index in [9.17, 15) is 23.6 Å². The number of aryl methyl sites for hydroxylation is 1. The Morgan fingerprint density at radius 2 is 1.84 bits per heavy atom. The maximum absolute atomic E-state index is 15.9. The number of urea groups is 1. The normalized spacial score (nSPS) is 16.9. The molecule has 0 unspecified atom stereocenters. The number of benzene rings is 2. The third-order valence-electron chi connectivity index (χ3n) is 7.96. The molecule has 2 aromatic carbocycles. The van der Waals surface area contributed by atoms with Gasteiger partial charge in [0.1, 0.15) is 11.5 Å². The van der Waals surface area contributed by atoms with Gasteiger partial charge in [-0.2, -0.15) is 5.10 Å². The van der Waals surface area contributed by atoms with E-state index in [0.717, 1.165) is 6.07 Å². The van der Waals surface area contributed by atoms with Crippen LogP contribution >= 0.6 is 0 Å². The molecule has 4 aromatic rings. The quantitative estimate of drug-likeness (QED) is 0.179. The zero-order valence-corrected chi connectivity index (χ0v) is 27.1. The van der Waals surface area contributed by atoms with Crippen molar-refractivity contribution in [3.05, 3.63) is 83.2 Å². The molecule has 1 saturated heterocycles. The van der Waals surface area contributed by atoms with Crippen LogP contribution in [-0.4, -0.2) is 62.7 Å². The lowest BCUT2D eigenvalue weighted by atomic mass is 9.97. The predicted molar refractivity (Wildman–Crippen MR) is 171 cm³/mol. The van der Waals surface area contributed by atoms with Gasteiger partial charge in [0.15, 0.2) is 17.3 Å². The molecule has 0 bridgehead atoms. The van der Waals surface area contributed by atoms with Gasteiger partial charge in [0.05, 0.1) is 36.5 Å². The van der Waals surface area contributed by atoms with Gasteiger partial charge in [-0.3, -0.25) is 24.4 Å². The smallest absolute Gasteiger partial charge is 0.323 e. The maximum atomic E-state index is 15.9. The maximum Gasteiger partial charge on any atom is 0.323 e. The van der Waals surface area contributed by atoms with Gasteiger partial charge >= 0.3 is 12.0 Å². The fourth-order valence-electron chi connectivity index (χ4n) is 5.35. The lowest BCUT2D eigenvalue weighted by Gasteiger charge is -2.26. The van der Waals surface area contributed by atoms with Gasteiger partial charge in [-0.05, 0) is 62.7 Å². The number of ether oxygens (including phenoxy) is 2. The summed E-state index contributed by atoms with van der Waals surface area (Å²) >= 11 is 0. The topological polar surface area (TPSA) is 145 Å². The van der Waals surface area contributed by atoms with Crippen LogP contribution in [0, 0.1) is 28.9 Å². The number of hydrogen-bond donors (Lipinski definition) is 2. The first-order chi connectivity index (χ1) is 23.2.